The SMILES string of the molecule is COc1ccc(CN2C(=O)C3CC(O)CN3C3(CN(CC4CC4)C3)C2=O)cc1. The molecule has 2 amide bonds. The second-order valence-electron chi connectivity index (χ2n) is 8.78. The number of carbonyl (C=O) groups is 2. The van der Waals surface area contributed by atoms with Crippen LogP contribution in [-0.2, 0) is 16.1 Å². The molecule has 2 atom stereocenters. The Balaban J connectivity index is 1.39. The van der Waals surface area contributed by atoms with Gasteiger partial charge in [0.05, 0.1) is 25.8 Å². The molecule has 3 saturated heterocycles. The van der Waals surface area contributed by atoms with E-state index in [2.05, 4.69) is 4.90 Å². The maximum absolute atomic E-state index is 13.5. The highest BCUT2D eigenvalue weighted by Crippen LogP contribution is 2.42. The average Bonchev–Trinajstić information content (AvgIpc) is 3.40. The third kappa shape index (κ3) is 2.84. The number of likely N-dealkylation sites (tertiary alicyclic amines) is 1. The van der Waals surface area contributed by atoms with Crippen molar-refractivity contribution in [2.24, 2.45) is 5.92 Å². The van der Waals surface area contributed by atoms with E-state index in [1.165, 1.54) is 17.7 Å². The molecule has 3 heterocycles. The van der Waals surface area contributed by atoms with Crippen molar-refractivity contribution in [1.82, 2.24) is 14.7 Å². The lowest BCUT2D eigenvalue weighted by atomic mass is 9.82. The standard InChI is InChI=1S/C21H27N3O4/c1-28-17-6-4-15(5-7-17)10-23-19(26)18-8-16(25)11-24(18)21(20(23)27)12-22(13-21)9-14-2-3-14/h4-7,14,16,18,25H,2-3,8-13H2,1H3. The van der Waals surface area contributed by atoms with Gasteiger partial charge >= 0.3 is 0 Å². The zero-order chi connectivity index (χ0) is 19.5. The third-order valence-electron chi connectivity index (χ3n) is 6.71. The van der Waals surface area contributed by atoms with Gasteiger partial charge in [0.2, 0.25) is 5.91 Å². The van der Waals surface area contributed by atoms with Gasteiger partial charge in [0.1, 0.15) is 11.3 Å². The summed E-state index contributed by atoms with van der Waals surface area (Å²) in [6.45, 7) is 3.06. The zero-order valence-corrected chi connectivity index (χ0v) is 16.2. The highest BCUT2D eigenvalue weighted by atomic mass is 16.5. The Morgan fingerprint density at radius 2 is 1.89 bits per heavy atom. The van der Waals surface area contributed by atoms with E-state index in [0.717, 1.165) is 23.8 Å². The number of piperazine rings is 1. The molecule has 2 unspecified atom stereocenters. The largest absolute Gasteiger partial charge is 0.497 e. The Morgan fingerprint density at radius 1 is 1.18 bits per heavy atom. The first-order valence-corrected chi connectivity index (χ1v) is 10.2. The van der Waals surface area contributed by atoms with Crippen LogP contribution in [0, 0.1) is 5.92 Å². The van der Waals surface area contributed by atoms with Crippen molar-refractivity contribution in [3.63, 3.8) is 0 Å². The van der Waals surface area contributed by atoms with Crippen molar-refractivity contribution in [3.05, 3.63) is 29.8 Å². The van der Waals surface area contributed by atoms with Crippen molar-refractivity contribution >= 4 is 11.8 Å². The normalized spacial score (nSPS) is 29.9. The number of hydrogen-bond donors (Lipinski definition) is 1. The van der Waals surface area contributed by atoms with E-state index in [0.29, 0.717) is 26.1 Å². The van der Waals surface area contributed by atoms with Crippen LogP contribution in [-0.4, -0.2) is 82.6 Å². The fourth-order valence-corrected chi connectivity index (χ4v) is 5.04. The molecule has 1 N–H and O–H groups in total. The van der Waals surface area contributed by atoms with Crippen LogP contribution in [0.4, 0.5) is 0 Å². The predicted octanol–water partition coefficient (Wildman–Crippen LogP) is 0.464. The first-order valence-electron chi connectivity index (χ1n) is 10.2. The summed E-state index contributed by atoms with van der Waals surface area (Å²) in [7, 11) is 1.61. The van der Waals surface area contributed by atoms with Crippen LogP contribution in [0.15, 0.2) is 24.3 Å². The average molecular weight is 385 g/mol. The minimum absolute atomic E-state index is 0.106. The van der Waals surface area contributed by atoms with Crippen molar-refractivity contribution in [1.29, 1.82) is 0 Å². The summed E-state index contributed by atoms with van der Waals surface area (Å²) in [5, 5.41) is 10.2. The maximum Gasteiger partial charge on any atom is 0.252 e. The smallest absolute Gasteiger partial charge is 0.252 e. The monoisotopic (exact) mass is 385 g/mol. The molecule has 4 aliphatic rings. The number of aliphatic hydroxyl groups excluding tert-OH is 1. The van der Waals surface area contributed by atoms with Crippen LogP contribution in [0.3, 0.4) is 0 Å². The van der Waals surface area contributed by atoms with Crippen molar-refractivity contribution < 1.29 is 19.4 Å². The van der Waals surface area contributed by atoms with Crippen molar-refractivity contribution in [3.8, 4) is 5.75 Å². The van der Waals surface area contributed by atoms with Crippen LogP contribution in [0.25, 0.3) is 0 Å². The molecule has 1 aromatic carbocycles. The van der Waals surface area contributed by atoms with E-state index in [1.807, 2.05) is 29.2 Å². The Morgan fingerprint density at radius 3 is 2.54 bits per heavy atom. The molecule has 1 aliphatic carbocycles. The van der Waals surface area contributed by atoms with E-state index >= 15 is 0 Å². The minimum atomic E-state index is -0.655. The molecule has 3 aliphatic heterocycles. The van der Waals surface area contributed by atoms with Gasteiger partial charge in [-0.1, -0.05) is 12.1 Å². The summed E-state index contributed by atoms with van der Waals surface area (Å²) in [5.74, 6) is 1.23. The van der Waals surface area contributed by atoms with E-state index in [1.54, 1.807) is 7.11 Å². The lowest BCUT2D eigenvalue weighted by molar-refractivity contribution is -0.180. The summed E-state index contributed by atoms with van der Waals surface area (Å²) in [6, 6.07) is 7.07. The van der Waals surface area contributed by atoms with Gasteiger partial charge in [0, 0.05) is 26.2 Å². The third-order valence-corrected chi connectivity index (χ3v) is 6.71. The number of nitrogens with zero attached hydrogens (tertiary/aromatic N) is 3. The fraction of sp³-hybridized carbons (Fsp3) is 0.619. The summed E-state index contributed by atoms with van der Waals surface area (Å²) in [4.78, 5) is 32.4. The number of amides is 2. The summed E-state index contributed by atoms with van der Waals surface area (Å²) >= 11 is 0. The summed E-state index contributed by atoms with van der Waals surface area (Å²) in [5.41, 5.74) is 0.246. The van der Waals surface area contributed by atoms with Gasteiger partial charge in [0.15, 0.2) is 0 Å². The molecule has 150 valence electrons. The number of carbonyl (C=O) groups excluding carboxylic acids is 2. The number of aliphatic hydroxyl groups is 1. The van der Waals surface area contributed by atoms with Gasteiger partial charge in [-0.05, 0) is 42.9 Å². The van der Waals surface area contributed by atoms with Crippen molar-refractivity contribution in [2.45, 2.75) is 43.5 Å². The molecule has 28 heavy (non-hydrogen) atoms. The van der Waals surface area contributed by atoms with Crippen molar-refractivity contribution in [2.75, 3.05) is 33.3 Å². The molecule has 0 bridgehead atoms. The summed E-state index contributed by atoms with van der Waals surface area (Å²) < 4.78 is 5.19. The predicted molar refractivity (Wildman–Crippen MR) is 102 cm³/mol. The number of methoxy groups -OCH3 is 1. The molecule has 0 aromatic heterocycles. The van der Waals surface area contributed by atoms with E-state index in [4.69, 9.17) is 4.74 Å². The number of β-amino-alcohol motifs (C(OH)–C–C–N with tert-alkyl or cyclic N) is 1. The van der Waals surface area contributed by atoms with Gasteiger partial charge in [-0.15, -0.1) is 0 Å². The van der Waals surface area contributed by atoms with Gasteiger partial charge in [-0.3, -0.25) is 24.3 Å². The summed E-state index contributed by atoms with van der Waals surface area (Å²) in [6.07, 6.45) is 2.43. The molecular formula is C21H27N3O4. The first-order chi connectivity index (χ1) is 13.5. The molecule has 7 nitrogen and oxygen atoms in total. The van der Waals surface area contributed by atoms with Crippen LogP contribution in [0.5, 0.6) is 5.75 Å². The molecule has 5 rings (SSSR count). The molecular weight excluding hydrogens is 358 g/mol. The van der Waals surface area contributed by atoms with Gasteiger partial charge in [-0.25, -0.2) is 0 Å². The lowest BCUT2D eigenvalue weighted by Gasteiger charge is -2.58. The highest BCUT2D eigenvalue weighted by molar-refractivity contribution is 6.06. The molecule has 0 radical (unpaired) electrons. The van der Waals surface area contributed by atoms with Crippen LogP contribution in [0.2, 0.25) is 0 Å². The maximum atomic E-state index is 13.5. The number of benzene rings is 1. The van der Waals surface area contributed by atoms with Crippen LogP contribution in [0.1, 0.15) is 24.8 Å². The first kappa shape index (κ1) is 18.1. The number of ether oxygens (including phenoxy) is 1. The Kier molecular flexibility index (Phi) is 4.23. The second kappa shape index (κ2) is 6.54. The van der Waals surface area contributed by atoms with Crippen LogP contribution >= 0.6 is 0 Å². The minimum Gasteiger partial charge on any atom is -0.497 e. The van der Waals surface area contributed by atoms with Gasteiger partial charge in [-0.2, -0.15) is 0 Å². The molecule has 1 spiro atoms. The number of imide groups is 1. The molecule has 1 aromatic rings. The second-order valence-corrected chi connectivity index (χ2v) is 8.78. The molecule has 7 heteroatoms. The quantitative estimate of drug-likeness (QED) is 0.743. The highest BCUT2D eigenvalue weighted by Gasteiger charge is 2.64. The van der Waals surface area contributed by atoms with E-state index in [9.17, 15) is 14.7 Å². The topological polar surface area (TPSA) is 73.3 Å². The zero-order valence-electron chi connectivity index (χ0n) is 16.2. The molecule has 1 saturated carbocycles. The Labute approximate surface area is 164 Å². The number of hydrogen-bond acceptors (Lipinski definition) is 6. The van der Waals surface area contributed by atoms with Gasteiger partial charge < -0.3 is 9.84 Å². The van der Waals surface area contributed by atoms with Gasteiger partial charge in [0.25, 0.3) is 5.91 Å². The number of rotatable bonds is 5. The number of fused-ring (bicyclic) bond motifs is 2. The van der Waals surface area contributed by atoms with E-state index < -0.39 is 17.7 Å². The lowest BCUT2D eigenvalue weighted by Crippen LogP contribution is -2.81. The fourth-order valence-electron chi connectivity index (χ4n) is 5.04. The molecule has 4 fully saturated rings. The van der Waals surface area contributed by atoms with Crippen LogP contribution < -0.4 is 4.74 Å². The van der Waals surface area contributed by atoms with E-state index in [-0.39, 0.29) is 18.4 Å². The Bertz CT molecular complexity index is 785. The Hall–Kier alpha value is -1.96.